The van der Waals surface area contributed by atoms with Crippen LogP contribution in [0.15, 0.2) is 0 Å². The molecule has 1 saturated carbocycles. The molecule has 2 heterocycles. The van der Waals surface area contributed by atoms with Gasteiger partial charge in [-0.15, -0.1) is 0 Å². The van der Waals surface area contributed by atoms with E-state index in [1.807, 2.05) is 25.7 Å². The van der Waals surface area contributed by atoms with Gasteiger partial charge in [-0.05, 0) is 59.8 Å². The Morgan fingerprint density at radius 1 is 1.04 bits per heavy atom. The van der Waals surface area contributed by atoms with Crippen LogP contribution in [0.5, 0.6) is 0 Å². The van der Waals surface area contributed by atoms with Crippen molar-refractivity contribution in [1.29, 1.82) is 0 Å². The van der Waals surface area contributed by atoms with Crippen molar-refractivity contribution in [2.45, 2.75) is 102 Å². The lowest BCUT2D eigenvalue weighted by molar-refractivity contribution is -0.179. The maximum atomic E-state index is 12.4. The molecule has 3 aliphatic rings. The second-order valence-corrected chi connectivity index (χ2v) is 10.0. The molecular formula is C21H39N3O3. The number of carbonyl (C=O) groups excluding carboxylic acids is 1. The smallest absolute Gasteiger partial charge is 0.410 e. The van der Waals surface area contributed by atoms with E-state index < -0.39 is 5.60 Å². The molecule has 156 valence electrons. The van der Waals surface area contributed by atoms with Crippen molar-refractivity contribution in [3.8, 4) is 0 Å². The van der Waals surface area contributed by atoms with Crippen LogP contribution in [0.4, 0.5) is 4.79 Å². The summed E-state index contributed by atoms with van der Waals surface area (Å²) in [7, 11) is 0. The van der Waals surface area contributed by atoms with Gasteiger partial charge in [0, 0.05) is 43.8 Å². The quantitative estimate of drug-likeness (QED) is 0.752. The highest BCUT2D eigenvalue weighted by atomic mass is 16.6. The van der Waals surface area contributed by atoms with Crippen molar-refractivity contribution in [2.24, 2.45) is 0 Å². The lowest BCUT2D eigenvalue weighted by Crippen LogP contribution is -2.55. The Bertz CT molecular complexity index is 507. The molecule has 2 saturated heterocycles. The maximum Gasteiger partial charge on any atom is 0.410 e. The summed E-state index contributed by atoms with van der Waals surface area (Å²) in [5.41, 5.74) is -0.425. The molecule has 0 aromatic carbocycles. The molecule has 3 fully saturated rings. The Labute approximate surface area is 164 Å². The SMILES string of the molecule is CC(C)(C)OC(=O)N1CCC(C)(N2CCC(N(O)C3CCCCC3)CC2)C1. The largest absolute Gasteiger partial charge is 0.444 e. The minimum absolute atomic E-state index is 0.0208. The molecule has 3 rings (SSSR count). The summed E-state index contributed by atoms with van der Waals surface area (Å²) in [6.45, 7) is 11.5. The van der Waals surface area contributed by atoms with Crippen molar-refractivity contribution < 1.29 is 14.7 Å². The molecule has 1 unspecified atom stereocenters. The minimum Gasteiger partial charge on any atom is -0.444 e. The van der Waals surface area contributed by atoms with Crippen LogP contribution in [0.2, 0.25) is 0 Å². The number of amides is 1. The second-order valence-electron chi connectivity index (χ2n) is 10.0. The third-order valence-corrected chi connectivity index (χ3v) is 6.65. The van der Waals surface area contributed by atoms with Crippen LogP contribution in [0, 0.1) is 0 Å². The van der Waals surface area contributed by atoms with Crippen molar-refractivity contribution in [3.05, 3.63) is 0 Å². The molecule has 2 aliphatic heterocycles. The number of rotatable bonds is 3. The molecule has 1 atom stereocenters. The number of nitrogens with zero attached hydrogens (tertiary/aromatic N) is 3. The van der Waals surface area contributed by atoms with Crippen LogP contribution < -0.4 is 0 Å². The molecule has 1 amide bonds. The summed E-state index contributed by atoms with van der Waals surface area (Å²) < 4.78 is 5.55. The van der Waals surface area contributed by atoms with Gasteiger partial charge in [0.2, 0.25) is 0 Å². The van der Waals surface area contributed by atoms with E-state index in [1.165, 1.54) is 19.3 Å². The Balaban J connectivity index is 1.49. The normalized spacial score (nSPS) is 29.5. The molecule has 27 heavy (non-hydrogen) atoms. The van der Waals surface area contributed by atoms with E-state index >= 15 is 0 Å². The summed E-state index contributed by atoms with van der Waals surface area (Å²) in [5.74, 6) is 0. The fraction of sp³-hybridized carbons (Fsp3) is 0.952. The standard InChI is InChI=1S/C21H39N3O3/c1-20(2,3)27-19(25)22-15-12-21(4,16-22)23-13-10-18(11-14-23)24(26)17-8-6-5-7-9-17/h17-18,26H,5-16H2,1-4H3. The van der Waals surface area contributed by atoms with Crippen LogP contribution in [-0.2, 0) is 4.74 Å². The van der Waals surface area contributed by atoms with Crippen LogP contribution in [0.1, 0.15) is 79.1 Å². The van der Waals surface area contributed by atoms with Gasteiger partial charge in [-0.1, -0.05) is 19.3 Å². The predicted molar refractivity (Wildman–Crippen MR) is 106 cm³/mol. The first-order valence-electron chi connectivity index (χ1n) is 10.9. The van der Waals surface area contributed by atoms with Crippen LogP contribution in [0.25, 0.3) is 0 Å². The monoisotopic (exact) mass is 381 g/mol. The number of hydroxylamine groups is 2. The number of hydrogen-bond donors (Lipinski definition) is 1. The highest BCUT2D eigenvalue weighted by molar-refractivity contribution is 5.68. The zero-order chi connectivity index (χ0) is 19.7. The lowest BCUT2D eigenvalue weighted by Gasteiger charge is -2.45. The Morgan fingerprint density at radius 3 is 2.22 bits per heavy atom. The van der Waals surface area contributed by atoms with Crippen molar-refractivity contribution in [1.82, 2.24) is 14.9 Å². The van der Waals surface area contributed by atoms with E-state index in [4.69, 9.17) is 4.74 Å². The van der Waals surface area contributed by atoms with Gasteiger partial charge in [-0.3, -0.25) is 4.90 Å². The van der Waals surface area contributed by atoms with Gasteiger partial charge in [0.15, 0.2) is 0 Å². The fourth-order valence-corrected chi connectivity index (χ4v) is 5.00. The Morgan fingerprint density at radius 2 is 1.63 bits per heavy atom. The molecular weight excluding hydrogens is 342 g/mol. The van der Waals surface area contributed by atoms with E-state index in [0.29, 0.717) is 6.04 Å². The summed E-state index contributed by atoms with van der Waals surface area (Å²) in [6.07, 6.45) is 8.90. The van der Waals surface area contributed by atoms with E-state index in [-0.39, 0.29) is 17.7 Å². The van der Waals surface area contributed by atoms with Crippen molar-refractivity contribution in [2.75, 3.05) is 26.2 Å². The van der Waals surface area contributed by atoms with Crippen molar-refractivity contribution in [3.63, 3.8) is 0 Å². The number of carbonyl (C=O) groups is 1. The zero-order valence-corrected chi connectivity index (χ0v) is 17.7. The highest BCUT2D eigenvalue weighted by Crippen LogP contribution is 2.33. The van der Waals surface area contributed by atoms with Gasteiger partial charge in [0.1, 0.15) is 5.60 Å². The second kappa shape index (κ2) is 8.26. The summed E-state index contributed by atoms with van der Waals surface area (Å²) in [5, 5.41) is 12.4. The average Bonchev–Trinajstić information content (AvgIpc) is 3.04. The topological polar surface area (TPSA) is 56.2 Å². The first kappa shape index (κ1) is 20.9. The summed E-state index contributed by atoms with van der Waals surface area (Å²) in [6, 6.07) is 0.649. The predicted octanol–water partition coefficient (Wildman–Crippen LogP) is 3.87. The Hall–Kier alpha value is -0.850. The lowest BCUT2D eigenvalue weighted by atomic mass is 9.91. The molecule has 1 N–H and O–H groups in total. The van der Waals surface area contributed by atoms with E-state index in [1.54, 1.807) is 5.06 Å². The van der Waals surface area contributed by atoms with E-state index in [9.17, 15) is 10.0 Å². The van der Waals surface area contributed by atoms with E-state index in [2.05, 4.69) is 11.8 Å². The van der Waals surface area contributed by atoms with Gasteiger partial charge in [0.25, 0.3) is 0 Å². The maximum absolute atomic E-state index is 12.4. The third kappa shape index (κ3) is 5.15. The molecule has 0 bridgehead atoms. The van der Waals surface area contributed by atoms with Gasteiger partial charge in [-0.2, -0.15) is 5.06 Å². The van der Waals surface area contributed by atoms with Gasteiger partial charge < -0.3 is 14.8 Å². The number of piperidine rings is 1. The molecule has 0 aromatic rings. The highest BCUT2D eigenvalue weighted by Gasteiger charge is 2.43. The first-order valence-corrected chi connectivity index (χ1v) is 10.9. The summed E-state index contributed by atoms with van der Waals surface area (Å²) >= 11 is 0. The first-order chi connectivity index (χ1) is 12.7. The van der Waals surface area contributed by atoms with Crippen LogP contribution in [0.3, 0.4) is 0 Å². The van der Waals surface area contributed by atoms with Crippen molar-refractivity contribution >= 4 is 6.09 Å². The fourth-order valence-electron chi connectivity index (χ4n) is 5.00. The number of likely N-dealkylation sites (tertiary alicyclic amines) is 2. The van der Waals surface area contributed by atoms with Crippen LogP contribution >= 0.6 is 0 Å². The Kier molecular flexibility index (Phi) is 6.38. The van der Waals surface area contributed by atoms with Crippen LogP contribution in [-0.4, -0.2) is 75.6 Å². The third-order valence-electron chi connectivity index (χ3n) is 6.65. The van der Waals surface area contributed by atoms with E-state index in [0.717, 1.165) is 58.3 Å². The minimum atomic E-state index is -0.446. The number of hydrogen-bond acceptors (Lipinski definition) is 5. The van der Waals surface area contributed by atoms with Gasteiger partial charge in [0.05, 0.1) is 0 Å². The number of ether oxygens (including phenoxy) is 1. The molecule has 6 heteroatoms. The molecule has 6 nitrogen and oxygen atoms in total. The molecule has 0 radical (unpaired) electrons. The van der Waals surface area contributed by atoms with Gasteiger partial charge in [-0.25, -0.2) is 4.79 Å². The average molecular weight is 382 g/mol. The summed E-state index contributed by atoms with van der Waals surface area (Å²) in [4.78, 5) is 16.8. The molecule has 1 aliphatic carbocycles. The molecule has 0 aromatic heterocycles. The molecule has 0 spiro atoms. The van der Waals surface area contributed by atoms with Gasteiger partial charge >= 0.3 is 6.09 Å². The zero-order valence-electron chi connectivity index (χ0n) is 17.7.